The fourth-order valence-corrected chi connectivity index (χ4v) is 2.21. The number of nitrogens with one attached hydrogen (secondary N) is 1. The number of nitro groups is 1. The Hall–Kier alpha value is -2.49. The van der Waals surface area contributed by atoms with Gasteiger partial charge in [-0.3, -0.25) is 15.2 Å². The second-order valence-corrected chi connectivity index (χ2v) is 4.68. The minimum absolute atomic E-state index is 0.105. The van der Waals surface area contributed by atoms with E-state index in [0.29, 0.717) is 11.9 Å². The zero-order valence-electron chi connectivity index (χ0n) is 9.95. The number of H-pyrrole nitrogens is 1. The summed E-state index contributed by atoms with van der Waals surface area (Å²) in [6.45, 7) is 1.64. The van der Waals surface area contributed by atoms with Gasteiger partial charge in [0, 0.05) is 0 Å². The van der Waals surface area contributed by atoms with E-state index < -0.39 is 28.0 Å². The van der Waals surface area contributed by atoms with Crippen LogP contribution in [-0.4, -0.2) is 31.2 Å². The maximum absolute atomic E-state index is 13.8. The molecule has 0 spiro atoms. The summed E-state index contributed by atoms with van der Waals surface area (Å²) >= 11 is 0.773. The van der Waals surface area contributed by atoms with Crippen molar-refractivity contribution in [2.24, 2.45) is 0 Å². The van der Waals surface area contributed by atoms with E-state index in [0.717, 1.165) is 17.8 Å². The van der Waals surface area contributed by atoms with Crippen molar-refractivity contribution >= 4 is 23.4 Å². The van der Waals surface area contributed by atoms with Gasteiger partial charge in [-0.05, 0) is 24.8 Å². The number of carboxylic acid groups (broad SMARTS) is 1. The summed E-state index contributed by atoms with van der Waals surface area (Å²) in [6, 6.07) is 1.47. The summed E-state index contributed by atoms with van der Waals surface area (Å²) in [5, 5.41) is 26.1. The van der Waals surface area contributed by atoms with Crippen LogP contribution >= 0.6 is 11.8 Å². The molecule has 10 heteroatoms. The first-order valence-corrected chi connectivity index (χ1v) is 5.98. The summed E-state index contributed by atoms with van der Waals surface area (Å²) in [4.78, 5) is 24.5. The smallest absolute Gasteiger partial charge is 0.342 e. The van der Waals surface area contributed by atoms with Crippen molar-refractivity contribution in [3.63, 3.8) is 0 Å². The zero-order valence-corrected chi connectivity index (χ0v) is 10.8. The van der Waals surface area contributed by atoms with Crippen LogP contribution in [0.15, 0.2) is 22.2 Å². The molecule has 104 valence electrons. The summed E-state index contributed by atoms with van der Waals surface area (Å²) in [5.41, 5.74) is -1.39. The Morgan fingerprint density at radius 3 is 2.75 bits per heavy atom. The molecule has 0 amide bonds. The Kier molecular flexibility index (Phi) is 3.66. The summed E-state index contributed by atoms with van der Waals surface area (Å²) in [5.74, 6) is -1.91. The lowest BCUT2D eigenvalue weighted by molar-refractivity contribution is -0.385. The Morgan fingerprint density at radius 1 is 1.55 bits per heavy atom. The molecule has 1 heterocycles. The second kappa shape index (κ2) is 5.25. The monoisotopic (exact) mass is 298 g/mol. The number of aromatic carboxylic acids is 1. The topological polar surface area (TPSA) is 122 Å². The maximum atomic E-state index is 13.8. The highest BCUT2D eigenvalue weighted by Gasteiger charge is 2.24. The van der Waals surface area contributed by atoms with Crippen molar-refractivity contribution in [2.75, 3.05) is 0 Å². The fourth-order valence-electron chi connectivity index (χ4n) is 1.41. The van der Waals surface area contributed by atoms with E-state index in [1.165, 1.54) is 0 Å². The number of nitro benzene ring substituents is 1. The van der Waals surface area contributed by atoms with Gasteiger partial charge in [0.15, 0.2) is 0 Å². The molecule has 0 aliphatic heterocycles. The van der Waals surface area contributed by atoms with Crippen molar-refractivity contribution in [3.8, 4) is 0 Å². The van der Waals surface area contributed by atoms with Crippen LogP contribution in [0.4, 0.5) is 10.1 Å². The predicted molar refractivity (Wildman–Crippen MR) is 65.3 cm³/mol. The van der Waals surface area contributed by atoms with Gasteiger partial charge in [-0.1, -0.05) is 0 Å². The molecular weight excluding hydrogens is 291 g/mol. The number of carboxylic acids is 1. The number of halogens is 1. The molecular formula is C10H7FN4O4S. The van der Waals surface area contributed by atoms with Crippen LogP contribution in [0.2, 0.25) is 0 Å². The molecule has 2 aromatic rings. The average molecular weight is 298 g/mol. The van der Waals surface area contributed by atoms with Crippen LogP contribution in [0.1, 0.15) is 16.2 Å². The molecule has 0 bridgehead atoms. The number of aromatic nitrogens is 3. The number of aromatic amines is 1. The molecule has 0 fully saturated rings. The van der Waals surface area contributed by atoms with E-state index in [1.807, 2.05) is 0 Å². The fraction of sp³-hybridized carbons (Fsp3) is 0.100. The summed E-state index contributed by atoms with van der Waals surface area (Å²) < 4.78 is 13.8. The van der Waals surface area contributed by atoms with E-state index >= 15 is 0 Å². The molecule has 0 aliphatic carbocycles. The van der Waals surface area contributed by atoms with Crippen molar-refractivity contribution in [1.29, 1.82) is 0 Å². The molecule has 0 unspecified atom stereocenters. The molecule has 8 nitrogen and oxygen atoms in total. The standard InChI is InChI=1S/C10H7FN4O4S/c1-4-12-10(14-13-4)20-8-2-5(9(16)17)7(15(18)19)3-6(8)11/h2-3H,1H3,(H,16,17)(H,12,13,14). The molecule has 0 saturated carbocycles. The number of benzene rings is 1. The Labute approximate surface area is 115 Å². The molecule has 0 aliphatic rings. The van der Waals surface area contributed by atoms with E-state index in [2.05, 4.69) is 15.2 Å². The normalized spacial score (nSPS) is 10.5. The first kappa shape index (κ1) is 13.9. The molecule has 20 heavy (non-hydrogen) atoms. The average Bonchev–Trinajstić information content (AvgIpc) is 2.76. The number of hydrogen-bond acceptors (Lipinski definition) is 6. The van der Waals surface area contributed by atoms with Crippen molar-refractivity contribution < 1.29 is 19.2 Å². The van der Waals surface area contributed by atoms with Gasteiger partial charge in [0.05, 0.1) is 15.9 Å². The first-order valence-electron chi connectivity index (χ1n) is 5.16. The summed E-state index contributed by atoms with van der Waals surface area (Å²) in [6.07, 6.45) is 0. The SMILES string of the molecule is Cc1nc(Sc2cc(C(=O)O)c([N+](=O)[O-])cc2F)n[nH]1. The Bertz CT molecular complexity index is 703. The highest BCUT2D eigenvalue weighted by Crippen LogP contribution is 2.32. The largest absolute Gasteiger partial charge is 0.477 e. The Balaban J connectivity index is 2.46. The van der Waals surface area contributed by atoms with Gasteiger partial charge in [-0.15, -0.1) is 5.10 Å². The van der Waals surface area contributed by atoms with Crippen LogP contribution in [0.3, 0.4) is 0 Å². The quantitative estimate of drug-likeness (QED) is 0.653. The van der Waals surface area contributed by atoms with Crippen LogP contribution in [0, 0.1) is 22.9 Å². The maximum Gasteiger partial charge on any atom is 0.342 e. The molecule has 0 radical (unpaired) electrons. The molecule has 2 rings (SSSR count). The van der Waals surface area contributed by atoms with Gasteiger partial charge in [0.2, 0.25) is 5.16 Å². The van der Waals surface area contributed by atoms with Crippen LogP contribution in [0.5, 0.6) is 0 Å². The zero-order chi connectivity index (χ0) is 14.9. The predicted octanol–water partition coefficient (Wildman–Crippen LogP) is 2.01. The van der Waals surface area contributed by atoms with Crippen LogP contribution in [0.25, 0.3) is 0 Å². The Morgan fingerprint density at radius 2 is 2.25 bits per heavy atom. The van der Waals surface area contributed by atoms with Gasteiger partial charge in [0.25, 0.3) is 5.69 Å². The van der Waals surface area contributed by atoms with Gasteiger partial charge < -0.3 is 5.11 Å². The highest BCUT2D eigenvalue weighted by molar-refractivity contribution is 7.99. The molecule has 0 saturated heterocycles. The van der Waals surface area contributed by atoms with Gasteiger partial charge >= 0.3 is 5.97 Å². The van der Waals surface area contributed by atoms with Crippen molar-refractivity contribution in [1.82, 2.24) is 15.2 Å². The van der Waals surface area contributed by atoms with E-state index in [-0.39, 0.29) is 10.1 Å². The van der Waals surface area contributed by atoms with E-state index in [9.17, 15) is 19.3 Å². The van der Waals surface area contributed by atoms with Crippen molar-refractivity contribution in [3.05, 3.63) is 39.5 Å². The number of hydrogen-bond donors (Lipinski definition) is 2. The molecule has 0 atom stereocenters. The van der Waals surface area contributed by atoms with Crippen LogP contribution < -0.4 is 0 Å². The van der Waals surface area contributed by atoms with Crippen molar-refractivity contribution in [2.45, 2.75) is 17.0 Å². The third kappa shape index (κ3) is 2.74. The number of aryl methyl sites for hydroxylation is 1. The lowest BCUT2D eigenvalue weighted by atomic mass is 10.2. The molecule has 1 aromatic heterocycles. The third-order valence-corrected chi connectivity index (χ3v) is 3.15. The highest BCUT2D eigenvalue weighted by atomic mass is 32.2. The van der Waals surface area contributed by atoms with Gasteiger partial charge in [0.1, 0.15) is 17.2 Å². The van der Waals surface area contributed by atoms with Gasteiger partial charge in [-0.25, -0.2) is 14.2 Å². The van der Waals surface area contributed by atoms with E-state index in [4.69, 9.17) is 5.11 Å². The van der Waals surface area contributed by atoms with Crippen LogP contribution in [-0.2, 0) is 0 Å². The lowest BCUT2D eigenvalue weighted by Gasteiger charge is -2.03. The van der Waals surface area contributed by atoms with E-state index in [1.54, 1.807) is 6.92 Å². The number of nitrogens with zero attached hydrogens (tertiary/aromatic N) is 3. The second-order valence-electron chi connectivity index (χ2n) is 3.67. The minimum Gasteiger partial charge on any atom is -0.477 e. The summed E-state index contributed by atoms with van der Waals surface area (Å²) in [7, 11) is 0. The minimum atomic E-state index is -1.51. The third-order valence-electron chi connectivity index (χ3n) is 2.26. The first-order chi connectivity index (χ1) is 9.38. The lowest BCUT2D eigenvalue weighted by Crippen LogP contribution is -2.04. The molecule has 2 N–H and O–H groups in total. The number of carbonyl (C=O) groups is 1. The molecule has 1 aromatic carbocycles. The van der Waals surface area contributed by atoms with Gasteiger partial charge in [-0.2, -0.15) is 0 Å². The number of rotatable bonds is 4.